The van der Waals surface area contributed by atoms with E-state index in [1.54, 1.807) is 17.4 Å². The normalized spacial score (nSPS) is 22.0. The van der Waals surface area contributed by atoms with Crippen molar-refractivity contribution in [2.45, 2.75) is 18.9 Å². The lowest BCUT2D eigenvalue weighted by Crippen LogP contribution is -3.11. The third-order valence-corrected chi connectivity index (χ3v) is 7.45. The van der Waals surface area contributed by atoms with Crippen LogP contribution in [0.2, 0.25) is 0 Å². The second kappa shape index (κ2) is 8.32. The number of carbonyl (C=O) groups excluding carboxylic acids is 1. The molecular formula is C23H26FN4OS+. The minimum atomic E-state index is -0.197. The molecule has 0 radical (unpaired) electrons. The smallest absolute Gasteiger partial charge is 0.277 e. The highest BCUT2D eigenvalue weighted by molar-refractivity contribution is 7.18. The van der Waals surface area contributed by atoms with E-state index in [2.05, 4.69) is 12.1 Å². The first-order chi connectivity index (χ1) is 14.7. The molecule has 30 heavy (non-hydrogen) atoms. The quantitative estimate of drug-likeness (QED) is 0.698. The van der Waals surface area contributed by atoms with Gasteiger partial charge in [-0.2, -0.15) is 0 Å². The first kappa shape index (κ1) is 19.5. The van der Waals surface area contributed by atoms with Gasteiger partial charge in [0.2, 0.25) is 0 Å². The Morgan fingerprint density at radius 1 is 1.10 bits per heavy atom. The molecule has 1 amide bonds. The zero-order valence-electron chi connectivity index (χ0n) is 16.9. The van der Waals surface area contributed by atoms with Crippen molar-refractivity contribution in [2.24, 2.45) is 0 Å². The molecule has 7 heteroatoms. The summed E-state index contributed by atoms with van der Waals surface area (Å²) in [5.41, 5.74) is 1.69. The number of para-hydroxylation sites is 2. The van der Waals surface area contributed by atoms with Crippen LogP contribution < -0.4 is 9.80 Å². The molecule has 2 aromatic carbocycles. The van der Waals surface area contributed by atoms with Gasteiger partial charge in [-0.25, -0.2) is 9.37 Å². The van der Waals surface area contributed by atoms with Gasteiger partial charge in [0.05, 0.1) is 22.4 Å². The first-order valence-corrected chi connectivity index (χ1v) is 11.5. The van der Waals surface area contributed by atoms with Crippen molar-refractivity contribution in [2.75, 3.05) is 44.2 Å². The van der Waals surface area contributed by atoms with Crippen molar-refractivity contribution in [3.8, 4) is 0 Å². The Hall–Kier alpha value is -2.51. The molecule has 2 aliphatic heterocycles. The Kier molecular flexibility index (Phi) is 5.39. The second-order valence-electron chi connectivity index (χ2n) is 8.12. The third kappa shape index (κ3) is 3.79. The highest BCUT2D eigenvalue weighted by Crippen LogP contribution is 2.28. The monoisotopic (exact) mass is 425 g/mol. The molecule has 0 aliphatic carbocycles. The van der Waals surface area contributed by atoms with Crippen molar-refractivity contribution >= 4 is 33.1 Å². The van der Waals surface area contributed by atoms with Crippen LogP contribution in [0.4, 0.5) is 10.1 Å². The molecule has 0 spiro atoms. The SMILES string of the molecule is O=C(C[NH+]1CCC[C@@H]1c1nc2ccccc2s1)N1CCN(c2ccccc2F)CC1. The zero-order chi connectivity index (χ0) is 20.5. The molecule has 2 aliphatic rings. The molecule has 0 saturated carbocycles. The van der Waals surface area contributed by atoms with E-state index in [0.717, 1.165) is 29.9 Å². The van der Waals surface area contributed by atoms with E-state index in [9.17, 15) is 9.18 Å². The lowest BCUT2D eigenvalue weighted by molar-refractivity contribution is -0.910. The van der Waals surface area contributed by atoms with Gasteiger partial charge in [0, 0.05) is 39.0 Å². The molecule has 2 fully saturated rings. The van der Waals surface area contributed by atoms with E-state index in [1.807, 2.05) is 34.1 Å². The van der Waals surface area contributed by atoms with Crippen LogP contribution in [0, 0.1) is 5.82 Å². The summed E-state index contributed by atoms with van der Waals surface area (Å²) in [5.74, 6) is 0.00339. The Labute approximate surface area is 179 Å². The number of aromatic nitrogens is 1. The van der Waals surface area contributed by atoms with E-state index < -0.39 is 0 Å². The lowest BCUT2D eigenvalue weighted by Gasteiger charge is -2.36. The van der Waals surface area contributed by atoms with Crippen LogP contribution in [-0.2, 0) is 4.79 Å². The third-order valence-electron chi connectivity index (χ3n) is 6.30. The molecule has 3 aromatic rings. The van der Waals surface area contributed by atoms with Crippen molar-refractivity contribution in [3.63, 3.8) is 0 Å². The number of thiazole rings is 1. The fourth-order valence-electron chi connectivity index (χ4n) is 4.67. The molecular weight excluding hydrogens is 399 g/mol. The summed E-state index contributed by atoms with van der Waals surface area (Å²) in [4.78, 5) is 23.2. The summed E-state index contributed by atoms with van der Waals surface area (Å²) < 4.78 is 15.3. The molecule has 1 unspecified atom stereocenters. The standard InChI is InChI=1S/C23H25FN4OS/c24-17-6-1-3-8-19(17)26-12-14-27(15-13-26)22(29)16-28-11-5-9-20(28)23-25-18-7-2-4-10-21(18)30-23/h1-4,6-8,10,20H,5,9,11-16H2/p+1/t20-/m1/s1. The summed E-state index contributed by atoms with van der Waals surface area (Å²) in [7, 11) is 0. The topological polar surface area (TPSA) is 40.9 Å². The van der Waals surface area contributed by atoms with Crippen LogP contribution >= 0.6 is 11.3 Å². The average Bonchev–Trinajstić information content (AvgIpc) is 3.40. The molecule has 156 valence electrons. The fourth-order valence-corrected chi connectivity index (χ4v) is 5.83. The predicted octanol–water partition coefficient (Wildman–Crippen LogP) is 2.50. The molecule has 2 saturated heterocycles. The Balaban J connectivity index is 1.21. The van der Waals surface area contributed by atoms with E-state index in [1.165, 1.54) is 15.7 Å². The highest BCUT2D eigenvalue weighted by Gasteiger charge is 2.35. The van der Waals surface area contributed by atoms with Gasteiger partial charge < -0.3 is 14.7 Å². The number of quaternary nitrogens is 1. The van der Waals surface area contributed by atoms with Gasteiger partial charge in [-0.15, -0.1) is 11.3 Å². The largest absolute Gasteiger partial charge is 0.366 e. The number of likely N-dealkylation sites (tertiary alicyclic amines) is 1. The number of rotatable bonds is 4. The van der Waals surface area contributed by atoms with Crippen LogP contribution in [0.1, 0.15) is 23.9 Å². The maximum absolute atomic E-state index is 14.1. The van der Waals surface area contributed by atoms with Gasteiger partial charge in [0.1, 0.15) is 11.9 Å². The van der Waals surface area contributed by atoms with Gasteiger partial charge in [-0.05, 0) is 24.3 Å². The summed E-state index contributed by atoms with van der Waals surface area (Å²) >= 11 is 1.76. The minimum Gasteiger partial charge on any atom is -0.366 e. The minimum absolute atomic E-state index is 0.197. The van der Waals surface area contributed by atoms with Crippen molar-refractivity contribution in [3.05, 3.63) is 59.4 Å². The van der Waals surface area contributed by atoms with Gasteiger partial charge in [0.15, 0.2) is 11.6 Å². The van der Waals surface area contributed by atoms with E-state index in [0.29, 0.717) is 44.5 Å². The predicted molar refractivity (Wildman–Crippen MR) is 117 cm³/mol. The van der Waals surface area contributed by atoms with E-state index in [4.69, 9.17) is 4.98 Å². The number of hydrogen-bond donors (Lipinski definition) is 1. The molecule has 0 bridgehead atoms. The van der Waals surface area contributed by atoms with Crippen molar-refractivity contribution in [1.82, 2.24) is 9.88 Å². The molecule has 5 rings (SSSR count). The molecule has 1 N–H and O–H groups in total. The molecule has 5 nitrogen and oxygen atoms in total. The van der Waals surface area contributed by atoms with Gasteiger partial charge in [-0.3, -0.25) is 4.79 Å². The number of benzene rings is 2. The summed E-state index contributed by atoms with van der Waals surface area (Å²) in [5, 5.41) is 1.15. The van der Waals surface area contributed by atoms with E-state index in [-0.39, 0.29) is 11.7 Å². The summed E-state index contributed by atoms with van der Waals surface area (Å²) in [6.45, 7) is 4.16. The van der Waals surface area contributed by atoms with Gasteiger partial charge >= 0.3 is 0 Å². The number of nitrogens with one attached hydrogen (secondary N) is 1. The van der Waals surface area contributed by atoms with Gasteiger partial charge in [-0.1, -0.05) is 24.3 Å². The van der Waals surface area contributed by atoms with Crippen molar-refractivity contribution in [1.29, 1.82) is 0 Å². The number of carbonyl (C=O) groups is 1. The number of nitrogens with zero attached hydrogens (tertiary/aromatic N) is 3. The molecule has 3 heterocycles. The lowest BCUT2D eigenvalue weighted by atomic mass is 10.2. The highest BCUT2D eigenvalue weighted by atomic mass is 32.1. The molecule has 1 aromatic heterocycles. The van der Waals surface area contributed by atoms with Crippen LogP contribution in [0.15, 0.2) is 48.5 Å². The maximum atomic E-state index is 14.1. The number of halogens is 1. The number of anilines is 1. The Morgan fingerprint density at radius 2 is 1.87 bits per heavy atom. The number of fused-ring (bicyclic) bond motifs is 1. The summed E-state index contributed by atoms with van der Waals surface area (Å²) in [6.07, 6.45) is 2.22. The maximum Gasteiger partial charge on any atom is 0.277 e. The Morgan fingerprint density at radius 3 is 2.67 bits per heavy atom. The first-order valence-electron chi connectivity index (χ1n) is 10.7. The molecule has 2 atom stereocenters. The Bertz CT molecular complexity index is 1010. The van der Waals surface area contributed by atoms with Gasteiger partial charge in [0.25, 0.3) is 5.91 Å². The number of hydrogen-bond acceptors (Lipinski definition) is 4. The second-order valence-corrected chi connectivity index (χ2v) is 9.18. The fraction of sp³-hybridized carbons (Fsp3) is 0.391. The average molecular weight is 426 g/mol. The van der Waals surface area contributed by atoms with Crippen LogP contribution in [0.25, 0.3) is 10.2 Å². The number of amides is 1. The zero-order valence-corrected chi connectivity index (χ0v) is 17.7. The van der Waals surface area contributed by atoms with Crippen LogP contribution in [-0.4, -0.2) is 55.1 Å². The van der Waals surface area contributed by atoms with Crippen molar-refractivity contribution < 1.29 is 14.1 Å². The van der Waals surface area contributed by atoms with E-state index >= 15 is 0 Å². The van der Waals surface area contributed by atoms with Crippen LogP contribution in [0.5, 0.6) is 0 Å². The number of piperazine rings is 1. The summed E-state index contributed by atoms with van der Waals surface area (Å²) in [6, 6.07) is 15.4. The van der Waals surface area contributed by atoms with Crippen LogP contribution in [0.3, 0.4) is 0 Å².